The van der Waals surface area contributed by atoms with Crippen molar-refractivity contribution in [2.24, 2.45) is 5.92 Å². The summed E-state index contributed by atoms with van der Waals surface area (Å²) in [6.07, 6.45) is 7.42. The monoisotopic (exact) mass is 372 g/mol. The van der Waals surface area contributed by atoms with Crippen molar-refractivity contribution < 1.29 is 17.6 Å². The van der Waals surface area contributed by atoms with Crippen molar-refractivity contribution in [2.45, 2.75) is 38.0 Å². The first-order valence-electron chi connectivity index (χ1n) is 9.26. The molecule has 0 heterocycles. The van der Waals surface area contributed by atoms with E-state index >= 15 is 0 Å². The van der Waals surface area contributed by atoms with Crippen LogP contribution in [0.15, 0.2) is 36.9 Å². The van der Waals surface area contributed by atoms with Gasteiger partial charge in [-0.1, -0.05) is 12.2 Å². The standard InChI is InChI=1S/C23H20F4/c1-2-13-3-5-14(6-4-13)17-11-21(26)23(22(27)12-17)18-7-15-9-19(24)20(25)10-16(15)8-18/h2,7,9-14H,1,3-6,8H2. The van der Waals surface area contributed by atoms with Gasteiger partial charge in [-0.2, -0.15) is 0 Å². The molecule has 0 aliphatic heterocycles. The second-order valence-electron chi connectivity index (χ2n) is 7.52. The molecule has 0 spiro atoms. The van der Waals surface area contributed by atoms with Gasteiger partial charge in [-0.15, -0.1) is 6.58 Å². The maximum Gasteiger partial charge on any atom is 0.159 e. The first-order valence-corrected chi connectivity index (χ1v) is 9.26. The molecule has 0 amide bonds. The molecule has 27 heavy (non-hydrogen) atoms. The zero-order valence-corrected chi connectivity index (χ0v) is 14.9. The normalized spacial score (nSPS) is 21.7. The third kappa shape index (κ3) is 3.33. The van der Waals surface area contributed by atoms with Gasteiger partial charge in [0.15, 0.2) is 11.6 Å². The fourth-order valence-electron chi connectivity index (χ4n) is 4.32. The summed E-state index contributed by atoms with van der Waals surface area (Å²) in [6.45, 7) is 3.82. The quantitative estimate of drug-likeness (QED) is 0.411. The number of hydrogen-bond donors (Lipinski definition) is 0. The number of hydrogen-bond acceptors (Lipinski definition) is 0. The van der Waals surface area contributed by atoms with Gasteiger partial charge in [-0.25, -0.2) is 17.6 Å². The van der Waals surface area contributed by atoms with Crippen LogP contribution in [0.4, 0.5) is 17.6 Å². The fourth-order valence-corrected chi connectivity index (χ4v) is 4.32. The van der Waals surface area contributed by atoms with Gasteiger partial charge in [0.05, 0.1) is 0 Å². The van der Waals surface area contributed by atoms with Gasteiger partial charge < -0.3 is 0 Å². The van der Waals surface area contributed by atoms with Crippen molar-refractivity contribution in [2.75, 3.05) is 0 Å². The van der Waals surface area contributed by atoms with Crippen LogP contribution in [-0.2, 0) is 6.42 Å². The number of fused-ring (bicyclic) bond motifs is 1. The molecule has 2 aliphatic rings. The lowest BCUT2D eigenvalue weighted by molar-refractivity contribution is 0.374. The molecule has 0 aromatic heterocycles. The van der Waals surface area contributed by atoms with E-state index in [-0.39, 0.29) is 17.9 Å². The smallest absolute Gasteiger partial charge is 0.159 e. The zero-order chi connectivity index (χ0) is 19.1. The minimum Gasteiger partial charge on any atom is -0.206 e. The Morgan fingerprint density at radius 2 is 1.44 bits per heavy atom. The summed E-state index contributed by atoms with van der Waals surface area (Å²) in [7, 11) is 0. The average molecular weight is 372 g/mol. The third-order valence-corrected chi connectivity index (χ3v) is 5.85. The molecular formula is C23H20F4. The van der Waals surface area contributed by atoms with Crippen molar-refractivity contribution in [1.29, 1.82) is 0 Å². The molecule has 0 bridgehead atoms. The average Bonchev–Trinajstić information content (AvgIpc) is 3.03. The molecule has 4 heteroatoms. The molecule has 0 N–H and O–H groups in total. The van der Waals surface area contributed by atoms with Gasteiger partial charge in [-0.05, 0) is 90.5 Å². The minimum atomic E-state index is -0.960. The van der Waals surface area contributed by atoms with Crippen molar-refractivity contribution in [3.8, 4) is 0 Å². The summed E-state index contributed by atoms with van der Waals surface area (Å²) in [5, 5.41) is 0. The fraction of sp³-hybridized carbons (Fsp3) is 0.304. The highest BCUT2D eigenvalue weighted by atomic mass is 19.2. The van der Waals surface area contributed by atoms with Crippen molar-refractivity contribution >= 4 is 11.6 Å². The lowest BCUT2D eigenvalue weighted by Crippen LogP contribution is -2.12. The molecular weight excluding hydrogens is 352 g/mol. The Labute approximate surface area is 156 Å². The number of halogens is 4. The highest BCUT2D eigenvalue weighted by Crippen LogP contribution is 2.40. The van der Waals surface area contributed by atoms with E-state index in [2.05, 4.69) is 6.58 Å². The number of rotatable bonds is 3. The van der Waals surface area contributed by atoms with Crippen LogP contribution in [0.2, 0.25) is 0 Å². The Morgan fingerprint density at radius 1 is 0.815 bits per heavy atom. The molecule has 1 fully saturated rings. The second kappa shape index (κ2) is 6.99. The molecule has 2 aromatic carbocycles. The summed E-state index contributed by atoms with van der Waals surface area (Å²) >= 11 is 0. The minimum absolute atomic E-state index is 0.101. The summed E-state index contributed by atoms with van der Waals surface area (Å²) in [5.41, 5.74) is 2.00. The largest absolute Gasteiger partial charge is 0.206 e. The van der Waals surface area contributed by atoms with Gasteiger partial charge in [0.1, 0.15) is 11.6 Å². The third-order valence-electron chi connectivity index (χ3n) is 5.85. The van der Waals surface area contributed by atoms with Crippen LogP contribution in [0, 0.1) is 29.2 Å². The van der Waals surface area contributed by atoms with Crippen LogP contribution in [0.25, 0.3) is 11.6 Å². The van der Waals surface area contributed by atoms with E-state index in [9.17, 15) is 17.6 Å². The molecule has 2 aliphatic carbocycles. The lowest BCUT2D eigenvalue weighted by atomic mass is 9.78. The predicted molar refractivity (Wildman–Crippen MR) is 99.2 cm³/mol. The van der Waals surface area contributed by atoms with Gasteiger partial charge >= 0.3 is 0 Å². The van der Waals surface area contributed by atoms with Crippen LogP contribution in [0.3, 0.4) is 0 Å². The Bertz CT molecular complexity index is 911. The molecule has 0 atom stereocenters. The maximum absolute atomic E-state index is 14.8. The van der Waals surface area contributed by atoms with Gasteiger partial charge in [-0.3, -0.25) is 0 Å². The summed E-state index contributed by atoms with van der Waals surface area (Å²) < 4.78 is 56.4. The van der Waals surface area contributed by atoms with Crippen molar-refractivity contribution in [3.63, 3.8) is 0 Å². The van der Waals surface area contributed by atoms with E-state index in [0.29, 0.717) is 28.2 Å². The first kappa shape index (κ1) is 18.0. The molecule has 0 nitrogen and oxygen atoms in total. The highest BCUT2D eigenvalue weighted by molar-refractivity contribution is 5.89. The maximum atomic E-state index is 14.8. The number of benzene rings is 2. The summed E-state index contributed by atoms with van der Waals surface area (Å²) in [4.78, 5) is 0. The van der Waals surface area contributed by atoms with Crippen LogP contribution in [-0.4, -0.2) is 0 Å². The first-order chi connectivity index (χ1) is 13.0. The van der Waals surface area contributed by atoms with E-state index in [0.717, 1.165) is 37.8 Å². The topological polar surface area (TPSA) is 0 Å². The Morgan fingerprint density at radius 3 is 2.07 bits per heavy atom. The van der Waals surface area contributed by atoms with E-state index < -0.39 is 23.3 Å². The van der Waals surface area contributed by atoms with E-state index in [1.165, 1.54) is 18.2 Å². The molecule has 0 saturated heterocycles. The van der Waals surface area contributed by atoms with E-state index in [4.69, 9.17) is 0 Å². The molecule has 140 valence electrons. The Hall–Kier alpha value is -2.36. The molecule has 1 saturated carbocycles. The van der Waals surface area contributed by atoms with Crippen LogP contribution in [0.5, 0.6) is 0 Å². The van der Waals surface area contributed by atoms with Crippen LogP contribution >= 0.6 is 0 Å². The zero-order valence-electron chi connectivity index (χ0n) is 14.9. The van der Waals surface area contributed by atoms with Crippen molar-refractivity contribution in [3.05, 3.63) is 82.4 Å². The van der Waals surface area contributed by atoms with E-state index in [1.807, 2.05) is 6.08 Å². The van der Waals surface area contributed by atoms with Gasteiger partial charge in [0.25, 0.3) is 0 Å². The van der Waals surface area contributed by atoms with Crippen LogP contribution < -0.4 is 0 Å². The van der Waals surface area contributed by atoms with E-state index in [1.54, 1.807) is 0 Å². The van der Waals surface area contributed by atoms with Gasteiger partial charge in [0.2, 0.25) is 0 Å². The molecule has 0 unspecified atom stereocenters. The Kier molecular flexibility index (Phi) is 4.67. The molecule has 0 radical (unpaired) electrons. The molecule has 4 rings (SSSR count). The highest BCUT2D eigenvalue weighted by Gasteiger charge is 2.26. The number of allylic oxidation sites excluding steroid dienone is 2. The van der Waals surface area contributed by atoms with Gasteiger partial charge in [0, 0.05) is 5.56 Å². The van der Waals surface area contributed by atoms with Crippen LogP contribution in [0.1, 0.15) is 53.9 Å². The predicted octanol–water partition coefficient (Wildman–Crippen LogP) is 6.80. The molecule has 2 aromatic rings. The SMILES string of the molecule is C=CC1CCC(c2cc(F)c(C3=Cc4cc(F)c(F)cc4C3)c(F)c2)CC1. The lowest BCUT2D eigenvalue weighted by Gasteiger charge is -2.27. The summed E-state index contributed by atoms with van der Waals surface area (Å²) in [5.74, 6) is -2.51. The van der Waals surface area contributed by atoms with Crippen molar-refractivity contribution in [1.82, 2.24) is 0 Å². The Balaban J connectivity index is 1.62. The summed E-state index contributed by atoms with van der Waals surface area (Å²) in [6, 6.07) is 5.00. The second-order valence-corrected chi connectivity index (χ2v) is 7.52.